The number of hydrogen-bond donors (Lipinski definition) is 6. The number of carboxylic acid groups (broad SMARTS) is 1. The molecule has 0 radical (unpaired) electrons. The van der Waals surface area contributed by atoms with Gasteiger partial charge in [-0.3, -0.25) is 19.2 Å². The van der Waals surface area contributed by atoms with Gasteiger partial charge in [-0.15, -0.1) is 0 Å². The summed E-state index contributed by atoms with van der Waals surface area (Å²) in [5, 5.41) is 16.7. The molecule has 0 fully saturated rings. The zero-order valence-electron chi connectivity index (χ0n) is 18.9. The molecular weight excluding hydrogens is 430 g/mol. The van der Waals surface area contributed by atoms with Crippen molar-refractivity contribution in [2.75, 3.05) is 6.54 Å². The summed E-state index contributed by atoms with van der Waals surface area (Å²) in [6, 6.07) is 5.69. The molecule has 0 heterocycles. The van der Waals surface area contributed by atoms with Crippen LogP contribution in [0.2, 0.25) is 0 Å². The van der Waals surface area contributed by atoms with Gasteiger partial charge >= 0.3 is 5.97 Å². The number of rotatable bonds is 14. The lowest BCUT2D eigenvalue weighted by Crippen LogP contribution is -2.54. The van der Waals surface area contributed by atoms with E-state index in [1.54, 1.807) is 30.3 Å². The zero-order valence-corrected chi connectivity index (χ0v) is 18.9. The zero-order chi connectivity index (χ0) is 25.0. The summed E-state index contributed by atoms with van der Waals surface area (Å²) in [6.07, 6.45) is 0.347. The fourth-order valence-electron chi connectivity index (χ4n) is 3.00. The first kappa shape index (κ1) is 27.6. The molecule has 11 nitrogen and oxygen atoms in total. The van der Waals surface area contributed by atoms with Gasteiger partial charge in [-0.25, -0.2) is 4.79 Å². The van der Waals surface area contributed by atoms with Gasteiger partial charge in [0.25, 0.3) is 0 Å². The monoisotopic (exact) mass is 463 g/mol. The van der Waals surface area contributed by atoms with Crippen LogP contribution in [0.5, 0.6) is 0 Å². The molecule has 0 aliphatic heterocycles. The van der Waals surface area contributed by atoms with Crippen molar-refractivity contribution < 1.29 is 29.1 Å². The molecule has 1 rings (SSSR count). The van der Waals surface area contributed by atoms with Gasteiger partial charge in [-0.2, -0.15) is 0 Å². The maximum atomic E-state index is 12.6. The summed E-state index contributed by atoms with van der Waals surface area (Å²) in [6.45, 7) is 3.25. The van der Waals surface area contributed by atoms with Crippen molar-refractivity contribution in [2.24, 2.45) is 17.4 Å². The van der Waals surface area contributed by atoms with Crippen LogP contribution >= 0.6 is 0 Å². The third-order valence-corrected chi connectivity index (χ3v) is 4.72. The van der Waals surface area contributed by atoms with E-state index in [0.717, 1.165) is 5.56 Å². The maximum absolute atomic E-state index is 12.6. The quantitative estimate of drug-likeness (QED) is 0.204. The summed E-state index contributed by atoms with van der Waals surface area (Å²) in [4.78, 5) is 59.5. The summed E-state index contributed by atoms with van der Waals surface area (Å²) in [7, 11) is 0. The first-order valence-corrected chi connectivity index (χ1v) is 10.7. The van der Waals surface area contributed by atoms with E-state index in [1.807, 2.05) is 13.8 Å². The first-order chi connectivity index (χ1) is 15.5. The van der Waals surface area contributed by atoms with E-state index in [-0.39, 0.29) is 31.6 Å². The molecule has 0 aliphatic rings. The first-order valence-electron chi connectivity index (χ1n) is 10.7. The number of hydrogen-bond acceptors (Lipinski definition) is 6. The van der Waals surface area contributed by atoms with Crippen LogP contribution in [0, 0.1) is 5.92 Å². The molecule has 0 aliphatic carbocycles. The highest BCUT2D eigenvalue weighted by molar-refractivity contribution is 5.92. The molecule has 0 aromatic heterocycles. The highest BCUT2D eigenvalue weighted by atomic mass is 16.4. The average Bonchev–Trinajstić information content (AvgIpc) is 2.75. The topological polar surface area (TPSA) is 194 Å². The molecule has 0 saturated heterocycles. The molecule has 0 bridgehead atoms. The Morgan fingerprint density at radius 3 is 2.15 bits per heavy atom. The van der Waals surface area contributed by atoms with Crippen molar-refractivity contribution in [1.82, 2.24) is 16.0 Å². The Morgan fingerprint density at radius 1 is 0.970 bits per heavy atom. The molecule has 182 valence electrons. The van der Waals surface area contributed by atoms with E-state index in [0.29, 0.717) is 0 Å². The Balaban J connectivity index is 2.65. The Bertz CT molecular complexity index is 830. The lowest BCUT2D eigenvalue weighted by molar-refractivity contribution is -0.141. The van der Waals surface area contributed by atoms with Crippen molar-refractivity contribution in [3.63, 3.8) is 0 Å². The van der Waals surface area contributed by atoms with Crippen LogP contribution in [0.3, 0.4) is 0 Å². The second-order valence-electron chi connectivity index (χ2n) is 8.17. The average molecular weight is 464 g/mol. The van der Waals surface area contributed by atoms with Gasteiger partial charge in [0.2, 0.25) is 23.6 Å². The number of nitrogens with two attached hydrogens (primary N) is 2. The minimum atomic E-state index is -1.20. The largest absolute Gasteiger partial charge is 0.480 e. The van der Waals surface area contributed by atoms with Gasteiger partial charge in [0.1, 0.15) is 12.1 Å². The number of carbonyl (C=O) groups excluding carboxylic acids is 4. The Labute approximate surface area is 192 Å². The summed E-state index contributed by atoms with van der Waals surface area (Å²) in [5.74, 6) is -3.65. The molecule has 3 atom stereocenters. The van der Waals surface area contributed by atoms with E-state index < -0.39 is 54.3 Å². The van der Waals surface area contributed by atoms with Crippen LogP contribution in [0.15, 0.2) is 30.3 Å². The normalized spacial score (nSPS) is 13.5. The van der Waals surface area contributed by atoms with Crippen LogP contribution in [0.25, 0.3) is 0 Å². The van der Waals surface area contributed by atoms with E-state index in [4.69, 9.17) is 11.5 Å². The van der Waals surface area contributed by atoms with Crippen LogP contribution in [-0.4, -0.2) is 59.4 Å². The Kier molecular flexibility index (Phi) is 11.6. The lowest BCUT2D eigenvalue weighted by Gasteiger charge is -2.22. The second kappa shape index (κ2) is 13.8. The van der Waals surface area contributed by atoms with Gasteiger partial charge < -0.3 is 32.5 Å². The van der Waals surface area contributed by atoms with Crippen molar-refractivity contribution >= 4 is 29.6 Å². The molecular formula is C22H33N5O6. The highest BCUT2D eigenvalue weighted by Crippen LogP contribution is 2.07. The summed E-state index contributed by atoms with van der Waals surface area (Å²) >= 11 is 0. The third-order valence-electron chi connectivity index (χ3n) is 4.72. The highest BCUT2D eigenvalue weighted by Gasteiger charge is 2.26. The van der Waals surface area contributed by atoms with E-state index in [9.17, 15) is 29.1 Å². The lowest BCUT2D eigenvalue weighted by atomic mass is 10.0. The standard InChI is InChI=1S/C22H33N5O6/c1-13(2)10-16(27-20(30)15(23)8-9-18(24)28)21(31)25-12-19(29)26-17(22(32)33)11-14-6-4-3-5-7-14/h3-7,13,15-17H,8-12,23H2,1-2H3,(H2,24,28)(H,25,31)(H,26,29)(H,27,30)(H,32,33). The SMILES string of the molecule is CC(C)CC(NC(=O)C(N)CCC(N)=O)C(=O)NCC(=O)NC(Cc1ccccc1)C(=O)O. The number of aliphatic carboxylic acids is 1. The number of nitrogens with one attached hydrogen (secondary N) is 3. The van der Waals surface area contributed by atoms with Crippen LogP contribution < -0.4 is 27.4 Å². The predicted molar refractivity (Wildman–Crippen MR) is 121 cm³/mol. The van der Waals surface area contributed by atoms with Crippen LogP contribution in [-0.2, 0) is 30.4 Å². The minimum absolute atomic E-state index is 0.0393. The van der Waals surface area contributed by atoms with E-state index in [2.05, 4.69) is 16.0 Å². The third kappa shape index (κ3) is 11.1. The van der Waals surface area contributed by atoms with Gasteiger partial charge in [0, 0.05) is 12.8 Å². The van der Waals surface area contributed by atoms with Crippen molar-refractivity contribution in [2.45, 2.75) is 57.7 Å². The summed E-state index contributed by atoms with van der Waals surface area (Å²) < 4.78 is 0. The second-order valence-corrected chi connectivity index (χ2v) is 8.17. The number of amides is 4. The number of benzene rings is 1. The van der Waals surface area contributed by atoms with Crippen LogP contribution in [0.1, 0.15) is 38.7 Å². The number of primary amides is 1. The molecule has 1 aromatic rings. The fourth-order valence-corrected chi connectivity index (χ4v) is 3.00. The molecule has 1 aromatic carbocycles. The molecule has 8 N–H and O–H groups in total. The van der Waals surface area contributed by atoms with E-state index in [1.165, 1.54) is 0 Å². The molecule has 0 spiro atoms. The van der Waals surface area contributed by atoms with Gasteiger partial charge in [0.05, 0.1) is 12.6 Å². The van der Waals surface area contributed by atoms with Gasteiger partial charge in [-0.1, -0.05) is 44.2 Å². The van der Waals surface area contributed by atoms with Gasteiger partial charge in [-0.05, 0) is 24.3 Å². The molecule has 4 amide bonds. The molecule has 0 saturated carbocycles. The van der Waals surface area contributed by atoms with Crippen molar-refractivity contribution in [3.05, 3.63) is 35.9 Å². The van der Waals surface area contributed by atoms with Gasteiger partial charge in [0.15, 0.2) is 0 Å². The fraction of sp³-hybridized carbons (Fsp3) is 0.500. The Morgan fingerprint density at radius 2 is 1.61 bits per heavy atom. The van der Waals surface area contributed by atoms with Crippen LogP contribution in [0.4, 0.5) is 0 Å². The van der Waals surface area contributed by atoms with E-state index >= 15 is 0 Å². The Hall–Kier alpha value is -3.47. The molecule has 3 unspecified atom stereocenters. The number of carbonyl (C=O) groups is 5. The van der Waals surface area contributed by atoms with Crippen molar-refractivity contribution in [1.29, 1.82) is 0 Å². The smallest absolute Gasteiger partial charge is 0.326 e. The minimum Gasteiger partial charge on any atom is -0.480 e. The van der Waals surface area contributed by atoms with Crippen molar-refractivity contribution in [3.8, 4) is 0 Å². The molecule has 11 heteroatoms. The molecule has 33 heavy (non-hydrogen) atoms. The predicted octanol–water partition coefficient (Wildman–Crippen LogP) is -0.962. The summed E-state index contributed by atoms with van der Waals surface area (Å²) in [5.41, 5.74) is 11.5. The number of carboxylic acids is 1. The maximum Gasteiger partial charge on any atom is 0.326 e.